The normalized spacial score (nSPS) is 29.0. The summed E-state index contributed by atoms with van der Waals surface area (Å²) in [6.45, 7) is 2.60. The largest absolute Gasteiger partial charge is 0.416 e. The molecule has 0 bridgehead atoms. The molecule has 3 atom stereocenters. The zero-order valence-corrected chi connectivity index (χ0v) is 19.2. The molecule has 0 spiro atoms. The van der Waals surface area contributed by atoms with Crippen molar-refractivity contribution < 1.29 is 36.2 Å². The highest BCUT2D eigenvalue weighted by atomic mass is 32.2. The molecule has 7 nitrogen and oxygen atoms in total. The smallest absolute Gasteiger partial charge is 0.392 e. The van der Waals surface area contributed by atoms with E-state index in [4.69, 9.17) is 4.74 Å². The van der Waals surface area contributed by atoms with Crippen molar-refractivity contribution in [2.45, 2.75) is 74.8 Å². The molecule has 3 aliphatic rings. The van der Waals surface area contributed by atoms with Crippen molar-refractivity contribution in [2.75, 3.05) is 19.1 Å². The van der Waals surface area contributed by atoms with Gasteiger partial charge in [0.05, 0.1) is 22.0 Å². The minimum atomic E-state index is -4.62. The molecule has 1 saturated carbocycles. The number of rotatable bonds is 4. The number of hydrogen-bond donors (Lipinski definition) is 2. The van der Waals surface area contributed by atoms with Crippen LogP contribution in [0.25, 0.3) is 0 Å². The van der Waals surface area contributed by atoms with Crippen LogP contribution >= 0.6 is 0 Å². The van der Waals surface area contributed by atoms with Crippen LogP contribution in [0.3, 0.4) is 0 Å². The van der Waals surface area contributed by atoms with E-state index in [2.05, 4.69) is 5.32 Å². The van der Waals surface area contributed by atoms with Crippen molar-refractivity contribution >= 4 is 15.7 Å². The summed E-state index contributed by atoms with van der Waals surface area (Å²) in [4.78, 5) is 14.5. The van der Waals surface area contributed by atoms with Gasteiger partial charge in [-0.15, -0.1) is 0 Å². The van der Waals surface area contributed by atoms with Gasteiger partial charge >= 0.3 is 6.18 Å². The molecule has 1 aromatic carbocycles. The molecule has 1 saturated heterocycles. The number of hydrogen-bond acceptors (Lipinski definition) is 6. The maximum Gasteiger partial charge on any atom is 0.416 e. The topological polar surface area (TPSA) is 95.9 Å². The van der Waals surface area contributed by atoms with Gasteiger partial charge in [-0.1, -0.05) is 0 Å². The number of nitrogens with zero attached hydrogens (tertiary/aromatic N) is 1. The van der Waals surface area contributed by atoms with Crippen LogP contribution in [0, 0.1) is 5.41 Å². The second-order valence-electron chi connectivity index (χ2n) is 9.39. The molecule has 11 heteroatoms. The van der Waals surface area contributed by atoms with Gasteiger partial charge in [-0.05, 0) is 62.8 Å². The van der Waals surface area contributed by atoms with E-state index >= 15 is 0 Å². The van der Waals surface area contributed by atoms with Crippen molar-refractivity contribution in [3.05, 3.63) is 29.3 Å². The molecule has 1 aliphatic carbocycles. The zero-order valence-electron chi connectivity index (χ0n) is 18.4. The van der Waals surface area contributed by atoms with E-state index in [1.807, 2.05) is 0 Å². The van der Waals surface area contributed by atoms with Crippen LogP contribution in [0.5, 0.6) is 0 Å². The van der Waals surface area contributed by atoms with Gasteiger partial charge in [0, 0.05) is 31.8 Å². The molecule has 4 rings (SSSR count). The van der Waals surface area contributed by atoms with E-state index in [1.54, 1.807) is 0 Å². The van der Waals surface area contributed by atoms with Crippen LogP contribution in [-0.2, 0) is 32.1 Å². The highest BCUT2D eigenvalue weighted by molar-refractivity contribution is 7.91. The van der Waals surface area contributed by atoms with Gasteiger partial charge in [0.2, 0.25) is 5.91 Å². The number of ether oxygens (including phenoxy) is 1. The molecular formula is C22H29F3N2O5S. The number of halogens is 3. The number of aliphatic hydroxyl groups excluding tert-OH is 1. The average molecular weight is 491 g/mol. The first kappa shape index (κ1) is 24.4. The Hall–Kier alpha value is -1.69. The third kappa shape index (κ3) is 4.78. The minimum absolute atomic E-state index is 0.0165. The monoisotopic (exact) mass is 490 g/mol. The lowest BCUT2D eigenvalue weighted by Gasteiger charge is -2.39. The van der Waals surface area contributed by atoms with Crippen LogP contribution in [0.2, 0.25) is 0 Å². The molecule has 184 valence electrons. The SMILES string of the molecule is C[C@@H](O)[C@@]1(C(=O)N2Cc3cc(C(F)(F)F)ccc3S(=O)(=O)C2)CC[C@H](NC2CCOCC2)C1. The first-order chi connectivity index (χ1) is 15.4. The molecule has 0 unspecified atom stereocenters. The summed E-state index contributed by atoms with van der Waals surface area (Å²) in [6.07, 6.45) is -2.59. The third-order valence-electron chi connectivity index (χ3n) is 7.16. The van der Waals surface area contributed by atoms with Crippen LogP contribution in [0.4, 0.5) is 13.2 Å². The third-order valence-corrected chi connectivity index (χ3v) is 8.88. The molecular weight excluding hydrogens is 461 g/mol. The Labute approximate surface area is 191 Å². The number of carbonyl (C=O) groups excluding carboxylic acids is 1. The lowest BCUT2D eigenvalue weighted by atomic mass is 9.79. The molecule has 33 heavy (non-hydrogen) atoms. The molecule has 0 aromatic heterocycles. The van der Waals surface area contributed by atoms with Crippen molar-refractivity contribution in [1.29, 1.82) is 0 Å². The molecule has 1 aromatic rings. The summed E-state index contributed by atoms with van der Waals surface area (Å²) in [7, 11) is -3.99. The van der Waals surface area contributed by atoms with E-state index < -0.39 is 44.9 Å². The summed E-state index contributed by atoms with van der Waals surface area (Å²) < 4.78 is 70.5. The van der Waals surface area contributed by atoms with E-state index in [0.717, 1.165) is 35.9 Å². The first-order valence-electron chi connectivity index (χ1n) is 11.2. The van der Waals surface area contributed by atoms with Gasteiger partial charge in [-0.2, -0.15) is 13.2 Å². The Kier molecular flexibility index (Phi) is 6.54. The van der Waals surface area contributed by atoms with Gasteiger partial charge in [-0.3, -0.25) is 4.79 Å². The van der Waals surface area contributed by atoms with Gasteiger partial charge in [0.25, 0.3) is 0 Å². The van der Waals surface area contributed by atoms with Gasteiger partial charge in [-0.25, -0.2) is 8.42 Å². The highest BCUT2D eigenvalue weighted by Gasteiger charge is 2.52. The molecule has 2 fully saturated rings. The summed E-state index contributed by atoms with van der Waals surface area (Å²) >= 11 is 0. The lowest BCUT2D eigenvalue weighted by Crippen LogP contribution is -2.52. The summed E-state index contributed by atoms with van der Waals surface area (Å²) in [6, 6.07) is 2.74. The first-order valence-corrected chi connectivity index (χ1v) is 12.8. The predicted molar refractivity (Wildman–Crippen MR) is 113 cm³/mol. The van der Waals surface area contributed by atoms with Gasteiger partial charge in [0.1, 0.15) is 5.88 Å². The lowest BCUT2D eigenvalue weighted by molar-refractivity contribution is -0.148. The highest BCUT2D eigenvalue weighted by Crippen LogP contribution is 2.45. The minimum Gasteiger partial charge on any atom is -0.392 e. The maximum atomic E-state index is 13.6. The van der Waals surface area contributed by atoms with Crippen molar-refractivity contribution in [3.63, 3.8) is 0 Å². The van der Waals surface area contributed by atoms with Crippen molar-refractivity contribution in [3.8, 4) is 0 Å². The fourth-order valence-electron chi connectivity index (χ4n) is 5.32. The van der Waals surface area contributed by atoms with E-state index in [9.17, 15) is 31.5 Å². The van der Waals surface area contributed by atoms with Crippen LogP contribution in [0.15, 0.2) is 23.1 Å². The average Bonchev–Trinajstić information content (AvgIpc) is 3.17. The second kappa shape index (κ2) is 8.83. The summed E-state index contributed by atoms with van der Waals surface area (Å²) in [5, 5.41) is 14.1. The summed E-state index contributed by atoms with van der Waals surface area (Å²) in [5.74, 6) is -1.14. The van der Waals surface area contributed by atoms with Crippen molar-refractivity contribution in [1.82, 2.24) is 10.2 Å². The fourth-order valence-corrected chi connectivity index (χ4v) is 6.88. The second-order valence-corrected chi connectivity index (χ2v) is 11.3. The number of carbonyl (C=O) groups is 1. The van der Waals surface area contributed by atoms with Gasteiger partial charge in [0.15, 0.2) is 9.84 Å². The number of sulfone groups is 1. The van der Waals surface area contributed by atoms with E-state index in [1.165, 1.54) is 6.92 Å². The number of fused-ring (bicyclic) bond motifs is 1. The number of amides is 1. The Bertz CT molecular complexity index is 1010. The van der Waals surface area contributed by atoms with Crippen molar-refractivity contribution in [2.24, 2.45) is 5.41 Å². The molecule has 2 aliphatic heterocycles. The zero-order chi connectivity index (χ0) is 24.0. The van der Waals surface area contributed by atoms with Crippen LogP contribution in [-0.4, -0.2) is 61.6 Å². The molecule has 0 radical (unpaired) electrons. The number of aliphatic hydroxyl groups is 1. The predicted octanol–water partition coefficient (Wildman–Crippen LogP) is 2.47. The summed E-state index contributed by atoms with van der Waals surface area (Å²) in [5.41, 5.74) is -2.20. The molecule has 2 N–H and O–H groups in total. The number of alkyl halides is 3. The standard InChI is InChI=1S/C22H29F3N2O5S/c1-14(28)21(7-4-18(11-21)26-17-5-8-32-9-6-17)20(29)27-12-15-10-16(22(23,24)25)2-3-19(15)33(30,31)13-27/h2-3,10,14,17-18,26,28H,4-9,11-13H2,1H3/t14-,18+,21-/m1/s1. The Morgan fingerprint density at radius 3 is 2.58 bits per heavy atom. The quantitative estimate of drug-likeness (QED) is 0.673. The molecule has 2 heterocycles. The Morgan fingerprint density at radius 2 is 1.94 bits per heavy atom. The maximum absolute atomic E-state index is 13.6. The number of nitrogens with one attached hydrogen (secondary N) is 1. The molecule has 1 amide bonds. The Morgan fingerprint density at radius 1 is 1.24 bits per heavy atom. The van der Waals surface area contributed by atoms with E-state index in [0.29, 0.717) is 32.5 Å². The number of benzene rings is 1. The van der Waals surface area contributed by atoms with Gasteiger partial charge < -0.3 is 20.1 Å². The van der Waals surface area contributed by atoms with E-state index in [-0.39, 0.29) is 29.1 Å². The van der Waals surface area contributed by atoms with Crippen LogP contribution in [0.1, 0.15) is 50.2 Å². The van der Waals surface area contributed by atoms with Crippen LogP contribution < -0.4 is 5.32 Å². The Balaban J connectivity index is 1.57. The fraction of sp³-hybridized carbons (Fsp3) is 0.682.